The molecule has 9 nitrogen and oxygen atoms in total. The predicted molar refractivity (Wildman–Crippen MR) is 342 cm³/mol. The van der Waals surface area contributed by atoms with Gasteiger partial charge in [-0.05, 0) is 83.5 Å². The van der Waals surface area contributed by atoms with Crippen LogP contribution in [-0.2, 0) is 32.7 Å². The molecule has 0 saturated heterocycles. The lowest BCUT2D eigenvalue weighted by Crippen LogP contribution is -2.37. The average Bonchev–Trinajstić information content (AvgIpc) is 3.42. The fourth-order valence-electron chi connectivity index (χ4n) is 8.83. The van der Waals surface area contributed by atoms with Crippen LogP contribution in [0, 0.1) is 0 Å². The Kier molecular flexibility index (Phi) is 57.8. The van der Waals surface area contributed by atoms with E-state index in [4.69, 9.17) is 18.5 Å². The van der Waals surface area contributed by atoms with E-state index in [1.54, 1.807) is 0 Å². The lowest BCUT2D eigenvalue weighted by Gasteiger charge is -2.28. The van der Waals surface area contributed by atoms with Gasteiger partial charge in [-0.1, -0.05) is 284 Å². The second-order valence-corrected chi connectivity index (χ2v) is 24.2. The van der Waals surface area contributed by atoms with Crippen molar-refractivity contribution < 1.29 is 42.1 Å². The summed E-state index contributed by atoms with van der Waals surface area (Å²) in [6, 6.07) is 0. The first-order valence-corrected chi connectivity index (χ1v) is 34.1. The van der Waals surface area contributed by atoms with Crippen LogP contribution in [0.4, 0.5) is 0 Å². The highest BCUT2D eigenvalue weighted by atomic mass is 31.2. The Labute approximate surface area is 493 Å². The monoisotopic (exact) mass is 1140 g/mol. The third-order valence-electron chi connectivity index (χ3n) is 13.8. The van der Waals surface area contributed by atoms with Gasteiger partial charge in [-0.15, -0.1) is 0 Å². The molecule has 80 heavy (non-hydrogen) atoms. The highest BCUT2D eigenvalue weighted by molar-refractivity contribution is 7.45. The molecule has 0 fully saturated rings. The number of esters is 2. The molecule has 0 aliphatic carbocycles. The molecule has 0 aromatic heterocycles. The van der Waals surface area contributed by atoms with Gasteiger partial charge in [0, 0.05) is 12.8 Å². The normalized spacial score (nSPS) is 13.9. The Balaban J connectivity index is 4.11. The SMILES string of the molecule is CC/C=C\C/C=C\C/C=C\C/C=C\C/C=C\C/C=C\C/C=C\C/C=C\C/C=C\CCCCCCCCCCCC(=O)OC(COC(=O)CCCCCCCCCCCCCCCCCCCCC)COP(=O)([O-])OCC[N+](C)(C)C. The van der Waals surface area contributed by atoms with E-state index in [1.807, 2.05) is 21.1 Å². The van der Waals surface area contributed by atoms with Crippen molar-refractivity contribution in [2.45, 2.75) is 277 Å². The molecule has 0 aliphatic rings. The minimum atomic E-state index is -4.64. The molecule has 0 saturated carbocycles. The molecule has 0 aliphatic heterocycles. The van der Waals surface area contributed by atoms with E-state index < -0.39 is 26.5 Å². The van der Waals surface area contributed by atoms with E-state index in [9.17, 15) is 19.0 Å². The van der Waals surface area contributed by atoms with Gasteiger partial charge in [-0.2, -0.15) is 0 Å². The molecule has 460 valence electrons. The summed E-state index contributed by atoms with van der Waals surface area (Å²) in [6.45, 7) is 4.14. The van der Waals surface area contributed by atoms with Crippen molar-refractivity contribution >= 4 is 19.8 Å². The van der Waals surface area contributed by atoms with Crippen molar-refractivity contribution in [3.8, 4) is 0 Å². The predicted octanol–water partition coefficient (Wildman–Crippen LogP) is 20.3. The van der Waals surface area contributed by atoms with Gasteiger partial charge < -0.3 is 27.9 Å². The number of hydrogen-bond donors (Lipinski definition) is 0. The molecular formula is C70H122NO8P. The summed E-state index contributed by atoms with van der Waals surface area (Å²) in [6.07, 6.45) is 84.3. The van der Waals surface area contributed by atoms with Crippen LogP contribution in [0.25, 0.3) is 0 Å². The van der Waals surface area contributed by atoms with Crippen LogP contribution in [0.1, 0.15) is 271 Å². The third kappa shape index (κ3) is 63.8. The Morgan fingerprint density at radius 3 is 1.06 bits per heavy atom. The van der Waals surface area contributed by atoms with Crippen molar-refractivity contribution in [2.75, 3.05) is 47.5 Å². The van der Waals surface area contributed by atoms with E-state index in [1.165, 1.54) is 135 Å². The van der Waals surface area contributed by atoms with Crippen molar-refractivity contribution in [1.82, 2.24) is 0 Å². The van der Waals surface area contributed by atoms with Gasteiger partial charge in [0.05, 0.1) is 27.7 Å². The van der Waals surface area contributed by atoms with Crippen molar-refractivity contribution in [2.24, 2.45) is 0 Å². The Morgan fingerprint density at radius 1 is 0.400 bits per heavy atom. The molecule has 0 heterocycles. The smallest absolute Gasteiger partial charge is 0.306 e. The Bertz CT molecular complexity index is 1720. The first-order valence-electron chi connectivity index (χ1n) is 32.6. The second-order valence-electron chi connectivity index (χ2n) is 22.8. The van der Waals surface area contributed by atoms with Gasteiger partial charge in [0.1, 0.15) is 19.8 Å². The first kappa shape index (κ1) is 76.7. The van der Waals surface area contributed by atoms with Gasteiger partial charge in [0.25, 0.3) is 7.82 Å². The number of nitrogens with zero attached hydrogens (tertiary/aromatic N) is 1. The minimum Gasteiger partial charge on any atom is -0.756 e. The van der Waals surface area contributed by atoms with Crippen molar-refractivity contribution in [1.29, 1.82) is 0 Å². The maximum Gasteiger partial charge on any atom is 0.306 e. The maximum absolute atomic E-state index is 12.8. The van der Waals surface area contributed by atoms with Gasteiger partial charge >= 0.3 is 11.9 Å². The van der Waals surface area contributed by atoms with Crippen LogP contribution in [0.2, 0.25) is 0 Å². The summed E-state index contributed by atoms with van der Waals surface area (Å²) in [7, 11) is 1.16. The van der Waals surface area contributed by atoms with E-state index in [0.717, 1.165) is 103 Å². The Morgan fingerprint density at radius 2 is 0.713 bits per heavy atom. The molecule has 0 rings (SSSR count). The first-order chi connectivity index (χ1) is 39.0. The van der Waals surface area contributed by atoms with Crippen LogP contribution in [0.15, 0.2) is 109 Å². The summed E-state index contributed by atoms with van der Waals surface area (Å²) in [4.78, 5) is 38.0. The van der Waals surface area contributed by atoms with E-state index in [-0.39, 0.29) is 32.0 Å². The molecular weight excluding hydrogens is 1010 g/mol. The van der Waals surface area contributed by atoms with E-state index >= 15 is 0 Å². The molecule has 0 bridgehead atoms. The fourth-order valence-corrected chi connectivity index (χ4v) is 9.56. The van der Waals surface area contributed by atoms with Crippen molar-refractivity contribution in [3.63, 3.8) is 0 Å². The number of allylic oxidation sites excluding steroid dienone is 18. The molecule has 0 N–H and O–H groups in total. The molecule has 0 aromatic carbocycles. The number of ether oxygens (including phenoxy) is 2. The molecule has 0 radical (unpaired) electrons. The van der Waals surface area contributed by atoms with Crippen LogP contribution in [0.5, 0.6) is 0 Å². The Hall–Kier alpha value is -3.33. The number of carbonyl (C=O) groups is 2. The summed E-state index contributed by atoms with van der Waals surface area (Å²) < 4.78 is 34.2. The highest BCUT2D eigenvalue weighted by Gasteiger charge is 2.22. The maximum atomic E-state index is 12.8. The number of rotatable bonds is 59. The lowest BCUT2D eigenvalue weighted by atomic mass is 10.0. The average molecular weight is 1140 g/mol. The molecule has 0 spiro atoms. The summed E-state index contributed by atoms with van der Waals surface area (Å²) >= 11 is 0. The quantitative estimate of drug-likeness (QED) is 0.0195. The second kappa shape index (κ2) is 60.3. The topological polar surface area (TPSA) is 111 Å². The summed E-state index contributed by atoms with van der Waals surface area (Å²) in [5.41, 5.74) is 0. The zero-order chi connectivity index (χ0) is 58.4. The number of carbonyl (C=O) groups excluding carboxylic acids is 2. The van der Waals surface area contributed by atoms with Crippen LogP contribution in [0.3, 0.4) is 0 Å². The standard InChI is InChI=1S/C70H122NO8P/c1-6-8-10-12-14-16-18-20-22-24-26-27-28-29-30-31-32-33-34-35-36-37-38-39-40-41-42-43-45-47-49-51-53-55-57-59-61-63-70(73)79-68(67-78-80(74,75)77-65-64-71(3,4)5)66-76-69(72)62-60-58-56-54-52-50-48-46-44-25-23-21-19-17-15-13-11-9-7-2/h8,10,14,16,20,22,26-27,29-30,32-33,35-36,38-39,41-42,68H,6-7,9,11-13,15,17-19,21,23-25,28,31,34,37,40,43-67H2,1-5H3/b10-8-,16-14-,22-20-,27-26-,30-29-,33-32-,36-35-,39-38-,42-41-. The van der Waals surface area contributed by atoms with Crippen LogP contribution < -0.4 is 4.89 Å². The molecule has 0 amide bonds. The van der Waals surface area contributed by atoms with Gasteiger partial charge in [0.15, 0.2) is 6.10 Å². The highest BCUT2D eigenvalue weighted by Crippen LogP contribution is 2.38. The van der Waals surface area contributed by atoms with Gasteiger partial charge in [-0.25, -0.2) is 0 Å². The summed E-state index contributed by atoms with van der Waals surface area (Å²) in [5, 5.41) is 0. The fraction of sp³-hybridized carbons (Fsp3) is 0.714. The summed E-state index contributed by atoms with van der Waals surface area (Å²) in [5.74, 6) is -0.836. The van der Waals surface area contributed by atoms with Crippen LogP contribution >= 0.6 is 7.82 Å². The van der Waals surface area contributed by atoms with Crippen LogP contribution in [-0.4, -0.2) is 70.0 Å². The number of quaternary nitrogens is 1. The number of unbranched alkanes of at least 4 members (excludes halogenated alkanes) is 27. The van der Waals surface area contributed by atoms with Gasteiger partial charge in [-0.3, -0.25) is 14.2 Å². The zero-order valence-corrected chi connectivity index (χ0v) is 53.1. The number of phosphoric acid groups is 1. The minimum absolute atomic E-state index is 0.0351. The molecule has 0 aromatic rings. The molecule has 10 heteroatoms. The lowest BCUT2D eigenvalue weighted by molar-refractivity contribution is -0.870. The molecule has 2 unspecified atom stereocenters. The van der Waals surface area contributed by atoms with Crippen molar-refractivity contribution in [3.05, 3.63) is 109 Å². The largest absolute Gasteiger partial charge is 0.756 e. The number of phosphoric ester groups is 1. The van der Waals surface area contributed by atoms with Gasteiger partial charge in [0.2, 0.25) is 0 Å². The number of likely N-dealkylation sites (N-methyl/N-ethyl adjacent to an activating group) is 1. The van der Waals surface area contributed by atoms with E-state index in [2.05, 4.69) is 123 Å². The molecule has 2 atom stereocenters. The third-order valence-corrected chi connectivity index (χ3v) is 14.8. The zero-order valence-electron chi connectivity index (χ0n) is 52.2. The number of hydrogen-bond acceptors (Lipinski definition) is 8. The van der Waals surface area contributed by atoms with E-state index in [0.29, 0.717) is 17.4 Å².